The summed E-state index contributed by atoms with van der Waals surface area (Å²) in [6.45, 7) is 2.18. The quantitative estimate of drug-likeness (QED) is 0.742. The van der Waals surface area contributed by atoms with Crippen LogP contribution in [0.5, 0.6) is 0 Å². The molecule has 5 nitrogen and oxygen atoms in total. The lowest BCUT2D eigenvalue weighted by molar-refractivity contribution is 0.0971. The van der Waals surface area contributed by atoms with Crippen molar-refractivity contribution in [3.05, 3.63) is 0 Å². The number of rotatable bonds is 2. The van der Waals surface area contributed by atoms with Crippen LogP contribution in [0.15, 0.2) is 0 Å². The van der Waals surface area contributed by atoms with Crippen LogP contribution in [-0.2, 0) is 14.8 Å². The molecule has 0 aromatic rings. The zero-order chi connectivity index (χ0) is 11.6. The normalized spacial score (nSPS) is 30.4. The molecule has 2 heterocycles. The van der Waals surface area contributed by atoms with Gasteiger partial charge in [-0.3, -0.25) is 0 Å². The standard InChI is InChI=1S/C10H20N2O3S/c11-9-3-5-12(6-4-9)16(13,14)10-2-1-7-15-8-10/h9-10H,1-8,11H2. The fourth-order valence-electron chi connectivity index (χ4n) is 2.29. The first kappa shape index (κ1) is 12.3. The molecule has 0 aromatic carbocycles. The van der Waals surface area contributed by atoms with E-state index in [2.05, 4.69) is 0 Å². The minimum absolute atomic E-state index is 0.161. The Hall–Kier alpha value is -0.170. The Morgan fingerprint density at radius 3 is 2.44 bits per heavy atom. The second-order valence-electron chi connectivity index (χ2n) is 4.62. The molecule has 0 aromatic heterocycles. The van der Waals surface area contributed by atoms with Crippen LogP contribution in [0.25, 0.3) is 0 Å². The first-order valence-electron chi connectivity index (χ1n) is 5.93. The summed E-state index contributed by atoms with van der Waals surface area (Å²) in [6, 6.07) is 0.161. The van der Waals surface area contributed by atoms with Crippen molar-refractivity contribution in [3.63, 3.8) is 0 Å². The number of piperidine rings is 1. The van der Waals surface area contributed by atoms with Crippen molar-refractivity contribution in [2.45, 2.75) is 37.0 Å². The Bertz CT molecular complexity index is 317. The highest BCUT2D eigenvalue weighted by atomic mass is 32.2. The SMILES string of the molecule is NC1CCN(S(=O)(=O)C2CCCOC2)CC1. The third kappa shape index (κ3) is 2.56. The predicted octanol–water partition coefficient (Wildman–Crippen LogP) is -0.0817. The molecule has 0 radical (unpaired) electrons. The van der Waals surface area contributed by atoms with E-state index in [1.165, 1.54) is 0 Å². The largest absolute Gasteiger partial charge is 0.380 e. The third-order valence-corrected chi connectivity index (χ3v) is 5.70. The molecule has 6 heteroatoms. The zero-order valence-electron chi connectivity index (χ0n) is 9.47. The fraction of sp³-hybridized carbons (Fsp3) is 1.00. The smallest absolute Gasteiger partial charge is 0.219 e. The molecule has 0 aliphatic carbocycles. The van der Waals surface area contributed by atoms with Crippen molar-refractivity contribution in [1.82, 2.24) is 4.31 Å². The van der Waals surface area contributed by atoms with Gasteiger partial charge in [0, 0.05) is 25.7 Å². The predicted molar refractivity (Wildman–Crippen MR) is 61.5 cm³/mol. The van der Waals surface area contributed by atoms with Crippen LogP contribution in [0.3, 0.4) is 0 Å². The summed E-state index contributed by atoms with van der Waals surface area (Å²) in [5.74, 6) is 0. The maximum atomic E-state index is 12.3. The van der Waals surface area contributed by atoms with E-state index in [1.54, 1.807) is 4.31 Å². The number of sulfonamides is 1. The van der Waals surface area contributed by atoms with Crippen molar-refractivity contribution >= 4 is 10.0 Å². The molecule has 0 bridgehead atoms. The van der Waals surface area contributed by atoms with Gasteiger partial charge in [0.05, 0.1) is 11.9 Å². The second-order valence-corrected chi connectivity index (χ2v) is 6.83. The topological polar surface area (TPSA) is 72.6 Å². The molecule has 1 atom stereocenters. The van der Waals surface area contributed by atoms with Gasteiger partial charge in [-0.1, -0.05) is 0 Å². The fourth-order valence-corrected chi connectivity index (χ4v) is 4.16. The molecule has 0 saturated carbocycles. The summed E-state index contributed by atoms with van der Waals surface area (Å²) in [7, 11) is -3.16. The Labute approximate surface area is 97.0 Å². The van der Waals surface area contributed by atoms with Crippen LogP contribution in [0.1, 0.15) is 25.7 Å². The average molecular weight is 248 g/mol. The number of hydrogen-bond acceptors (Lipinski definition) is 4. The highest BCUT2D eigenvalue weighted by Gasteiger charge is 2.35. The van der Waals surface area contributed by atoms with Gasteiger partial charge in [-0.15, -0.1) is 0 Å². The molecule has 94 valence electrons. The summed E-state index contributed by atoms with van der Waals surface area (Å²) in [5.41, 5.74) is 5.77. The van der Waals surface area contributed by atoms with Crippen molar-refractivity contribution in [3.8, 4) is 0 Å². The van der Waals surface area contributed by atoms with Gasteiger partial charge in [0.25, 0.3) is 0 Å². The van der Waals surface area contributed by atoms with Crippen LogP contribution in [0.2, 0.25) is 0 Å². The third-order valence-electron chi connectivity index (χ3n) is 3.40. The molecule has 2 N–H and O–H groups in total. The van der Waals surface area contributed by atoms with Crippen molar-refractivity contribution < 1.29 is 13.2 Å². The molecule has 1 unspecified atom stereocenters. The van der Waals surface area contributed by atoms with E-state index >= 15 is 0 Å². The van der Waals surface area contributed by atoms with Gasteiger partial charge in [0.2, 0.25) is 10.0 Å². The maximum absolute atomic E-state index is 12.3. The number of nitrogens with zero attached hydrogens (tertiary/aromatic N) is 1. The minimum Gasteiger partial charge on any atom is -0.380 e. The van der Waals surface area contributed by atoms with E-state index in [0.717, 1.165) is 25.7 Å². The van der Waals surface area contributed by atoms with Gasteiger partial charge in [-0.2, -0.15) is 0 Å². The Morgan fingerprint density at radius 1 is 1.19 bits per heavy atom. The highest BCUT2D eigenvalue weighted by Crippen LogP contribution is 2.21. The van der Waals surface area contributed by atoms with E-state index < -0.39 is 10.0 Å². The summed E-state index contributed by atoms with van der Waals surface area (Å²) in [6.07, 6.45) is 3.11. The second kappa shape index (κ2) is 5.00. The molecule has 0 spiro atoms. The summed E-state index contributed by atoms with van der Waals surface area (Å²) < 4.78 is 31.3. The Kier molecular flexibility index (Phi) is 3.84. The Morgan fingerprint density at radius 2 is 1.88 bits per heavy atom. The molecular weight excluding hydrogens is 228 g/mol. The monoisotopic (exact) mass is 248 g/mol. The maximum Gasteiger partial charge on any atom is 0.219 e. The molecule has 2 fully saturated rings. The van der Waals surface area contributed by atoms with E-state index in [4.69, 9.17) is 10.5 Å². The lowest BCUT2D eigenvalue weighted by atomic mass is 10.1. The summed E-state index contributed by atoms with van der Waals surface area (Å²) in [4.78, 5) is 0. The van der Waals surface area contributed by atoms with Gasteiger partial charge in [-0.05, 0) is 25.7 Å². The van der Waals surface area contributed by atoms with Crippen molar-refractivity contribution in [2.24, 2.45) is 5.73 Å². The summed E-state index contributed by atoms with van der Waals surface area (Å²) >= 11 is 0. The molecule has 2 rings (SSSR count). The lowest BCUT2D eigenvalue weighted by Crippen LogP contribution is -2.48. The highest BCUT2D eigenvalue weighted by molar-refractivity contribution is 7.89. The van der Waals surface area contributed by atoms with Gasteiger partial charge in [0.1, 0.15) is 0 Å². The molecule has 16 heavy (non-hydrogen) atoms. The van der Waals surface area contributed by atoms with Crippen molar-refractivity contribution in [2.75, 3.05) is 26.3 Å². The van der Waals surface area contributed by atoms with Crippen LogP contribution in [0, 0.1) is 0 Å². The van der Waals surface area contributed by atoms with Crippen LogP contribution < -0.4 is 5.73 Å². The molecule has 2 aliphatic rings. The summed E-state index contributed by atoms with van der Waals surface area (Å²) in [5, 5.41) is -0.337. The van der Waals surface area contributed by atoms with E-state index in [9.17, 15) is 8.42 Å². The lowest BCUT2D eigenvalue weighted by Gasteiger charge is -2.33. The molecule has 2 saturated heterocycles. The Balaban J connectivity index is 2.00. The average Bonchev–Trinajstić information content (AvgIpc) is 2.31. The van der Waals surface area contributed by atoms with E-state index in [-0.39, 0.29) is 11.3 Å². The minimum atomic E-state index is -3.16. The number of hydrogen-bond donors (Lipinski definition) is 1. The van der Waals surface area contributed by atoms with Gasteiger partial charge in [0.15, 0.2) is 0 Å². The molecule has 0 amide bonds. The first-order valence-corrected chi connectivity index (χ1v) is 7.43. The van der Waals surface area contributed by atoms with Crippen LogP contribution >= 0.6 is 0 Å². The number of ether oxygens (including phenoxy) is 1. The zero-order valence-corrected chi connectivity index (χ0v) is 10.3. The first-order chi connectivity index (χ1) is 7.60. The molecule has 2 aliphatic heterocycles. The van der Waals surface area contributed by atoms with Crippen LogP contribution in [-0.4, -0.2) is 50.3 Å². The van der Waals surface area contributed by atoms with Gasteiger partial charge < -0.3 is 10.5 Å². The van der Waals surface area contributed by atoms with Crippen LogP contribution in [0.4, 0.5) is 0 Å². The molecular formula is C10H20N2O3S. The number of nitrogens with two attached hydrogens (primary N) is 1. The van der Waals surface area contributed by atoms with Crippen molar-refractivity contribution in [1.29, 1.82) is 0 Å². The van der Waals surface area contributed by atoms with Gasteiger partial charge >= 0.3 is 0 Å². The van der Waals surface area contributed by atoms with Gasteiger partial charge in [-0.25, -0.2) is 12.7 Å². The van der Waals surface area contributed by atoms with E-state index in [1.807, 2.05) is 0 Å². The van der Waals surface area contributed by atoms with E-state index in [0.29, 0.717) is 26.3 Å².